The van der Waals surface area contributed by atoms with Gasteiger partial charge in [0.25, 0.3) is 6.43 Å². The number of alkyl halides is 2. The number of aromatic nitrogens is 6. The summed E-state index contributed by atoms with van der Waals surface area (Å²) >= 11 is 0. The zero-order valence-electron chi connectivity index (χ0n) is 18.8. The molecule has 180 valence electrons. The highest BCUT2D eigenvalue weighted by molar-refractivity contribution is 5.99. The molecule has 1 aromatic carbocycles. The molecule has 1 saturated heterocycles. The monoisotopic (exact) mass is 490 g/mol. The summed E-state index contributed by atoms with van der Waals surface area (Å²) in [5.74, 6) is -0.152. The number of pyridine rings is 1. The van der Waals surface area contributed by atoms with Crippen LogP contribution in [-0.2, 0) is 0 Å². The molecule has 0 amide bonds. The Kier molecular flexibility index (Phi) is 4.90. The molecule has 1 aliphatic heterocycles. The Bertz CT molecular complexity index is 1680. The van der Waals surface area contributed by atoms with Crippen LogP contribution in [-0.4, -0.2) is 53.7 Å². The number of nitrogens with zero attached hydrogens (tertiary/aromatic N) is 8. The molecule has 9 nitrogen and oxygen atoms in total. The maximum absolute atomic E-state index is 15.6. The van der Waals surface area contributed by atoms with Crippen LogP contribution in [0.4, 0.5) is 19.0 Å². The van der Waals surface area contributed by atoms with E-state index in [1.165, 1.54) is 15.4 Å². The topological polar surface area (TPSA) is 108 Å². The van der Waals surface area contributed by atoms with Gasteiger partial charge in [-0.1, -0.05) is 0 Å². The van der Waals surface area contributed by atoms with E-state index >= 15 is 4.39 Å². The molecule has 0 radical (unpaired) electrons. The Balaban J connectivity index is 1.66. The molecular weight excluding hydrogens is 473 g/mol. The van der Waals surface area contributed by atoms with Gasteiger partial charge in [-0.15, -0.1) is 0 Å². The van der Waals surface area contributed by atoms with E-state index in [2.05, 4.69) is 20.2 Å². The summed E-state index contributed by atoms with van der Waals surface area (Å²) < 4.78 is 45.6. The number of aliphatic hydroxyl groups excluding tert-OH is 1. The number of aliphatic hydroxyl groups is 1. The summed E-state index contributed by atoms with van der Waals surface area (Å²) in [4.78, 5) is 10.7. The average Bonchev–Trinajstić information content (AvgIpc) is 3.49. The molecular formula is C24H17F3N8O. The summed E-state index contributed by atoms with van der Waals surface area (Å²) in [5.41, 5.74) is 0.458. The molecule has 6 rings (SSSR count). The van der Waals surface area contributed by atoms with Crippen molar-refractivity contribution in [2.45, 2.75) is 19.5 Å². The van der Waals surface area contributed by atoms with Gasteiger partial charge in [-0.2, -0.15) is 20.0 Å². The van der Waals surface area contributed by atoms with E-state index < -0.39 is 24.0 Å². The number of rotatable bonds is 4. The standard InChI is InChI=1S/C24H17F3N8O/c1-12-18(20-15-3-4-17(34-8-2-6-30-34)19(25)14(15)5-7-29-20)24(33-10-13(36)11-33)35-23(31-12)16(9-28)21(32-35)22(26)27/h2-8,13,22,36H,10-11H2,1H3. The molecule has 4 aromatic heterocycles. The fourth-order valence-corrected chi connectivity index (χ4v) is 4.61. The largest absolute Gasteiger partial charge is 0.389 e. The summed E-state index contributed by atoms with van der Waals surface area (Å²) in [6, 6.07) is 8.32. The Morgan fingerprint density at radius 2 is 1.97 bits per heavy atom. The van der Waals surface area contributed by atoms with Crippen LogP contribution in [0.5, 0.6) is 0 Å². The molecule has 0 spiro atoms. The molecule has 1 N–H and O–H groups in total. The van der Waals surface area contributed by atoms with Crippen molar-refractivity contribution in [2.75, 3.05) is 18.0 Å². The van der Waals surface area contributed by atoms with Gasteiger partial charge in [-0.05, 0) is 31.2 Å². The second-order valence-corrected chi connectivity index (χ2v) is 8.47. The molecule has 0 saturated carbocycles. The molecule has 5 aromatic rings. The minimum absolute atomic E-state index is 0.0159. The van der Waals surface area contributed by atoms with E-state index in [1.807, 2.05) is 0 Å². The Morgan fingerprint density at radius 1 is 1.17 bits per heavy atom. The number of hydrogen-bond acceptors (Lipinski definition) is 7. The van der Waals surface area contributed by atoms with E-state index in [0.717, 1.165) is 0 Å². The lowest BCUT2D eigenvalue weighted by Gasteiger charge is -2.39. The fourth-order valence-electron chi connectivity index (χ4n) is 4.61. The van der Waals surface area contributed by atoms with Crippen molar-refractivity contribution in [3.05, 3.63) is 65.6 Å². The van der Waals surface area contributed by atoms with Crippen molar-refractivity contribution >= 4 is 22.2 Å². The number of benzene rings is 1. The number of β-amino-alcohol motifs (C(OH)–C–C–N with tert-alkyl or cyclic N) is 1. The first-order chi connectivity index (χ1) is 17.4. The van der Waals surface area contributed by atoms with Gasteiger partial charge in [0, 0.05) is 42.5 Å². The third-order valence-electron chi connectivity index (χ3n) is 6.28. The minimum Gasteiger partial charge on any atom is -0.389 e. The van der Waals surface area contributed by atoms with Gasteiger partial charge < -0.3 is 10.0 Å². The Hall–Kier alpha value is -4.50. The highest BCUT2D eigenvalue weighted by Gasteiger charge is 2.34. The van der Waals surface area contributed by atoms with Crippen LogP contribution < -0.4 is 4.90 Å². The number of fused-ring (bicyclic) bond motifs is 2. The van der Waals surface area contributed by atoms with E-state index in [9.17, 15) is 19.1 Å². The molecule has 1 fully saturated rings. The average molecular weight is 490 g/mol. The second-order valence-electron chi connectivity index (χ2n) is 8.47. The molecule has 12 heteroatoms. The van der Waals surface area contributed by atoms with Crippen molar-refractivity contribution in [2.24, 2.45) is 0 Å². The van der Waals surface area contributed by atoms with Gasteiger partial charge in [-0.3, -0.25) is 4.98 Å². The first-order valence-corrected chi connectivity index (χ1v) is 11.0. The Labute approximate surface area is 201 Å². The zero-order valence-corrected chi connectivity index (χ0v) is 18.8. The lowest BCUT2D eigenvalue weighted by Crippen LogP contribution is -2.52. The van der Waals surface area contributed by atoms with Crippen molar-refractivity contribution in [3.63, 3.8) is 0 Å². The molecule has 1 aliphatic rings. The van der Waals surface area contributed by atoms with Crippen LogP contribution in [0.15, 0.2) is 42.9 Å². The normalized spacial score (nSPS) is 14.1. The lowest BCUT2D eigenvalue weighted by molar-refractivity contribution is 0.140. The third-order valence-corrected chi connectivity index (χ3v) is 6.28. The quantitative estimate of drug-likeness (QED) is 0.410. The molecule has 5 heterocycles. The van der Waals surface area contributed by atoms with E-state index in [0.29, 0.717) is 28.2 Å². The first-order valence-electron chi connectivity index (χ1n) is 11.0. The first kappa shape index (κ1) is 22.0. The summed E-state index contributed by atoms with van der Waals surface area (Å²) in [6.45, 7) is 2.11. The van der Waals surface area contributed by atoms with E-state index in [1.54, 1.807) is 54.6 Å². The van der Waals surface area contributed by atoms with Crippen molar-refractivity contribution in [1.29, 1.82) is 5.26 Å². The predicted octanol–water partition coefficient (Wildman–Crippen LogP) is 3.57. The molecule has 0 atom stereocenters. The predicted molar refractivity (Wildman–Crippen MR) is 123 cm³/mol. The van der Waals surface area contributed by atoms with Crippen LogP contribution in [0, 0.1) is 24.1 Å². The van der Waals surface area contributed by atoms with Gasteiger partial charge >= 0.3 is 0 Å². The van der Waals surface area contributed by atoms with Crippen molar-refractivity contribution < 1.29 is 18.3 Å². The van der Waals surface area contributed by atoms with Crippen molar-refractivity contribution in [1.82, 2.24) is 29.4 Å². The maximum Gasteiger partial charge on any atom is 0.283 e. The van der Waals surface area contributed by atoms with Gasteiger partial charge in [0.15, 0.2) is 11.5 Å². The van der Waals surface area contributed by atoms with Crippen LogP contribution >= 0.6 is 0 Å². The van der Waals surface area contributed by atoms with Crippen LogP contribution in [0.2, 0.25) is 0 Å². The summed E-state index contributed by atoms with van der Waals surface area (Å²) in [6.07, 6.45) is 1.04. The number of anilines is 1. The van der Waals surface area contributed by atoms with Crippen LogP contribution in [0.1, 0.15) is 23.4 Å². The third kappa shape index (κ3) is 3.13. The highest BCUT2D eigenvalue weighted by Crippen LogP contribution is 2.40. The highest BCUT2D eigenvalue weighted by atomic mass is 19.3. The van der Waals surface area contributed by atoms with Gasteiger partial charge in [0.05, 0.1) is 23.1 Å². The minimum atomic E-state index is -2.98. The van der Waals surface area contributed by atoms with Gasteiger partial charge in [0.2, 0.25) is 0 Å². The van der Waals surface area contributed by atoms with Gasteiger partial charge in [-0.25, -0.2) is 22.8 Å². The number of aryl methyl sites for hydroxylation is 1. The maximum atomic E-state index is 15.6. The fraction of sp³-hybridized carbons (Fsp3) is 0.208. The molecule has 0 bridgehead atoms. The molecule has 0 aliphatic carbocycles. The van der Waals surface area contributed by atoms with E-state index in [4.69, 9.17) is 0 Å². The van der Waals surface area contributed by atoms with E-state index in [-0.39, 0.29) is 35.4 Å². The second kappa shape index (κ2) is 8.03. The lowest BCUT2D eigenvalue weighted by atomic mass is 10.0. The van der Waals surface area contributed by atoms with Crippen LogP contribution in [0.3, 0.4) is 0 Å². The van der Waals surface area contributed by atoms with Gasteiger partial charge in [0.1, 0.15) is 28.8 Å². The Morgan fingerprint density at radius 3 is 2.64 bits per heavy atom. The smallest absolute Gasteiger partial charge is 0.283 e. The summed E-state index contributed by atoms with van der Waals surface area (Å²) in [5, 5.41) is 28.4. The summed E-state index contributed by atoms with van der Waals surface area (Å²) in [7, 11) is 0. The van der Waals surface area contributed by atoms with Crippen LogP contribution in [0.25, 0.3) is 33.4 Å². The number of halogens is 3. The molecule has 36 heavy (non-hydrogen) atoms. The SMILES string of the molecule is Cc1nc2c(C#N)c(C(F)F)nn2c(N2CC(O)C2)c1-c1nccc2c(F)c(-n3cccn3)ccc12. The van der Waals surface area contributed by atoms with Crippen molar-refractivity contribution in [3.8, 4) is 23.0 Å². The zero-order chi connectivity index (χ0) is 25.1. The number of hydrogen-bond donors (Lipinski definition) is 1. The number of nitriles is 1. The molecule has 0 unspecified atom stereocenters.